The zero-order valence-corrected chi connectivity index (χ0v) is 19.5. The number of aromatic nitrogens is 4. The topological polar surface area (TPSA) is 116 Å². The molecule has 0 saturated carbocycles. The fourth-order valence-electron chi connectivity index (χ4n) is 3.61. The SMILES string of the molecule is C[C@@H](Nc1cncc(-c2c[nH]c3ncc(-c4ccc(C(O)C(F)(F)F)cc4)cc23)n1)C(=O)NCC(F)(F)F. The molecule has 200 valence electrons. The lowest BCUT2D eigenvalue weighted by Gasteiger charge is -2.15. The van der Waals surface area contributed by atoms with Gasteiger partial charge in [-0.15, -0.1) is 0 Å². The quantitative estimate of drug-likeness (QED) is 0.252. The van der Waals surface area contributed by atoms with Gasteiger partial charge in [0.25, 0.3) is 0 Å². The van der Waals surface area contributed by atoms with Gasteiger partial charge < -0.3 is 20.7 Å². The van der Waals surface area contributed by atoms with Gasteiger partial charge >= 0.3 is 12.4 Å². The smallest absolute Gasteiger partial charge is 0.379 e. The summed E-state index contributed by atoms with van der Waals surface area (Å²) < 4.78 is 75.4. The van der Waals surface area contributed by atoms with Crippen LogP contribution in [0.15, 0.2) is 55.1 Å². The number of nitrogens with one attached hydrogen (secondary N) is 3. The first-order valence-electron chi connectivity index (χ1n) is 11.1. The molecule has 0 fully saturated rings. The number of benzene rings is 1. The second-order valence-electron chi connectivity index (χ2n) is 8.38. The summed E-state index contributed by atoms with van der Waals surface area (Å²) in [6, 6.07) is 5.96. The number of pyridine rings is 1. The molecule has 2 atom stereocenters. The third-order valence-electron chi connectivity index (χ3n) is 5.53. The Morgan fingerprint density at radius 1 is 1.05 bits per heavy atom. The van der Waals surface area contributed by atoms with Crippen molar-refractivity contribution in [2.45, 2.75) is 31.4 Å². The van der Waals surface area contributed by atoms with Crippen LogP contribution in [0.5, 0.6) is 0 Å². The van der Waals surface area contributed by atoms with Gasteiger partial charge in [0.1, 0.15) is 24.1 Å². The molecule has 4 rings (SSSR count). The number of aromatic amines is 1. The van der Waals surface area contributed by atoms with Crippen molar-refractivity contribution in [3.05, 3.63) is 60.7 Å². The van der Waals surface area contributed by atoms with Gasteiger partial charge in [0.15, 0.2) is 6.10 Å². The van der Waals surface area contributed by atoms with Crippen molar-refractivity contribution < 1.29 is 36.2 Å². The predicted octanol–water partition coefficient (Wildman–Crippen LogP) is 4.76. The second-order valence-corrected chi connectivity index (χ2v) is 8.38. The maximum atomic E-state index is 12.8. The average Bonchev–Trinajstić information content (AvgIpc) is 3.29. The number of H-pyrrole nitrogens is 1. The van der Waals surface area contributed by atoms with E-state index < -0.39 is 37.0 Å². The van der Waals surface area contributed by atoms with Crippen molar-refractivity contribution in [3.63, 3.8) is 0 Å². The number of halogens is 6. The molecule has 8 nitrogen and oxygen atoms in total. The van der Waals surface area contributed by atoms with Crippen LogP contribution < -0.4 is 10.6 Å². The van der Waals surface area contributed by atoms with Crippen LogP contribution in [0.1, 0.15) is 18.6 Å². The number of hydrogen-bond acceptors (Lipinski definition) is 6. The van der Waals surface area contributed by atoms with Crippen molar-refractivity contribution in [2.24, 2.45) is 0 Å². The Balaban J connectivity index is 1.56. The van der Waals surface area contributed by atoms with Crippen LogP contribution in [-0.2, 0) is 4.79 Å². The molecule has 38 heavy (non-hydrogen) atoms. The molecule has 1 aromatic carbocycles. The number of carbonyl (C=O) groups is 1. The first-order valence-corrected chi connectivity index (χ1v) is 11.1. The predicted molar refractivity (Wildman–Crippen MR) is 126 cm³/mol. The van der Waals surface area contributed by atoms with Gasteiger partial charge in [-0.3, -0.25) is 9.78 Å². The molecule has 4 aromatic rings. The average molecular weight is 538 g/mol. The molecular weight excluding hydrogens is 518 g/mol. The number of amides is 1. The number of fused-ring (bicyclic) bond motifs is 1. The summed E-state index contributed by atoms with van der Waals surface area (Å²) in [5, 5.41) is 14.6. The van der Waals surface area contributed by atoms with Crippen molar-refractivity contribution in [1.82, 2.24) is 25.3 Å². The van der Waals surface area contributed by atoms with Gasteiger partial charge in [0.05, 0.1) is 18.1 Å². The first kappa shape index (κ1) is 26.9. The lowest BCUT2D eigenvalue weighted by Crippen LogP contribution is -2.42. The summed E-state index contributed by atoms with van der Waals surface area (Å²) >= 11 is 0. The van der Waals surface area contributed by atoms with E-state index in [4.69, 9.17) is 0 Å². The Kier molecular flexibility index (Phi) is 7.26. The number of aliphatic hydroxyl groups excluding tert-OH is 1. The van der Waals surface area contributed by atoms with E-state index in [1.807, 2.05) is 0 Å². The number of alkyl halides is 6. The molecule has 0 bridgehead atoms. The molecule has 4 N–H and O–H groups in total. The highest BCUT2D eigenvalue weighted by molar-refractivity contribution is 5.95. The molecule has 3 aromatic heterocycles. The van der Waals surface area contributed by atoms with Crippen LogP contribution in [0.4, 0.5) is 32.2 Å². The molecule has 0 aliphatic carbocycles. The van der Waals surface area contributed by atoms with E-state index in [1.165, 1.54) is 49.8 Å². The lowest BCUT2D eigenvalue weighted by molar-refractivity contribution is -0.206. The first-order chi connectivity index (χ1) is 17.8. The molecule has 0 spiro atoms. The second kappa shape index (κ2) is 10.3. The summed E-state index contributed by atoms with van der Waals surface area (Å²) in [6.45, 7) is -0.0825. The zero-order valence-electron chi connectivity index (χ0n) is 19.5. The summed E-state index contributed by atoms with van der Waals surface area (Å²) in [6.07, 6.45) is -6.00. The Hall–Kier alpha value is -4.20. The van der Waals surface area contributed by atoms with E-state index in [-0.39, 0.29) is 11.4 Å². The Morgan fingerprint density at radius 3 is 2.42 bits per heavy atom. The minimum atomic E-state index is -4.78. The highest BCUT2D eigenvalue weighted by Crippen LogP contribution is 2.34. The summed E-state index contributed by atoms with van der Waals surface area (Å²) in [5.74, 6) is -0.723. The maximum Gasteiger partial charge on any atom is 0.418 e. The van der Waals surface area contributed by atoms with Crippen molar-refractivity contribution >= 4 is 22.8 Å². The monoisotopic (exact) mass is 538 g/mol. The fourth-order valence-corrected chi connectivity index (χ4v) is 3.61. The normalized spacial score (nSPS) is 13.8. The third kappa shape index (κ3) is 6.19. The van der Waals surface area contributed by atoms with E-state index in [1.54, 1.807) is 17.6 Å². The van der Waals surface area contributed by atoms with Gasteiger partial charge in [0.2, 0.25) is 5.91 Å². The van der Waals surface area contributed by atoms with Crippen LogP contribution in [-0.4, -0.2) is 55.9 Å². The van der Waals surface area contributed by atoms with Crippen molar-refractivity contribution in [2.75, 3.05) is 11.9 Å². The Bertz CT molecular complexity index is 1440. The third-order valence-corrected chi connectivity index (χ3v) is 5.53. The standard InChI is InChI=1S/C24H20F6N6O2/c1-12(22(38)34-11-23(25,26)27)35-19-10-31-9-18(36-19)17-8-33-21-16(17)6-15(7-32-21)13-2-4-14(5-3-13)20(37)24(28,29)30/h2-10,12,20,37H,11H2,1H3,(H,32,33)(H,34,38)(H,35,36)/t12-,20?/m1/s1. The number of hydrogen-bond donors (Lipinski definition) is 4. The molecule has 14 heteroatoms. The van der Waals surface area contributed by atoms with Crippen LogP contribution >= 0.6 is 0 Å². The molecule has 0 aliphatic rings. The molecule has 3 heterocycles. The number of carbonyl (C=O) groups excluding carboxylic acids is 1. The minimum Gasteiger partial charge on any atom is -0.379 e. The summed E-state index contributed by atoms with van der Waals surface area (Å²) in [4.78, 5) is 27.8. The summed E-state index contributed by atoms with van der Waals surface area (Å²) in [5.41, 5.74) is 2.29. The van der Waals surface area contributed by atoms with Crippen molar-refractivity contribution in [1.29, 1.82) is 0 Å². The van der Waals surface area contributed by atoms with Crippen LogP contribution in [0.2, 0.25) is 0 Å². The van der Waals surface area contributed by atoms with E-state index >= 15 is 0 Å². The fraction of sp³-hybridized carbons (Fsp3) is 0.250. The molecule has 0 radical (unpaired) electrons. The maximum absolute atomic E-state index is 12.8. The zero-order chi connectivity index (χ0) is 27.7. The van der Waals surface area contributed by atoms with Gasteiger partial charge in [0, 0.05) is 28.9 Å². The minimum absolute atomic E-state index is 0.148. The van der Waals surface area contributed by atoms with Gasteiger partial charge in [-0.2, -0.15) is 26.3 Å². The Labute approximate surface area is 211 Å². The molecule has 0 saturated heterocycles. The molecule has 1 amide bonds. The molecule has 1 unspecified atom stereocenters. The van der Waals surface area contributed by atoms with E-state index in [0.717, 1.165) is 0 Å². The number of aliphatic hydroxyl groups is 1. The number of nitrogens with zero attached hydrogens (tertiary/aromatic N) is 3. The largest absolute Gasteiger partial charge is 0.418 e. The van der Waals surface area contributed by atoms with Crippen LogP contribution in [0.25, 0.3) is 33.4 Å². The lowest BCUT2D eigenvalue weighted by atomic mass is 10.0. The Morgan fingerprint density at radius 2 is 1.76 bits per heavy atom. The van der Waals surface area contributed by atoms with Gasteiger partial charge in [-0.05, 0) is 24.1 Å². The molecular formula is C24H20F6N6O2. The van der Waals surface area contributed by atoms with E-state index in [9.17, 15) is 36.2 Å². The van der Waals surface area contributed by atoms with E-state index in [2.05, 4.69) is 25.3 Å². The van der Waals surface area contributed by atoms with Crippen LogP contribution in [0.3, 0.4) is 0 Å². The van der Waals surface area contributed by atoms with Crippen LogP contribution in [0, 0.1) is 0 Å². The highest BCUT2D eigenvalue weighted by Gasteiger charge is 2.39. The summed E-state index contributed by atoms with van der Waals surface area (Å²) in [7, 11) is 0. The number of anilines is 1. The van der Waals surface area contributed by atoms with E-state index in [0.29, 0.717) is 33.4 Å². The van der Waals surface area contributed by atoms with Gasteiger partial charge in [-0.1, -0.05) is 24.3 Å². The van der Waals surface area contributed by atoms with Gasteiger partial charge in [-0.25, -0.2) is 9.97 Å². The molecule has 0 aliphatic heterocycles. The number of rotatable bonds is 7. The van der Waals surface area contributed by atoms with Crippen molar-refractivity contribution in [3.8, 4) is 22.4 Å². The highest BCUT2D eigenvalue weighted by atomic mass is 19.4.